The maximum atomic E-state index is 13.1. The summed E-state index contributed by atoms with van der Waals surface area (Å²) in [5.74, 6) is 0. The molecule has 1 fully saturated rings. The molecule has 0 aromatic heterocycles. The Morgan fingerprint density at radius 2 is 1.54 bits per heavy atom. The van der Waals surface area contributed by atoms with Gasteiger partial charge in [0.15, 0.2) is 0 Å². The van der Waals surface area contributed by atoms with E-state index in [0.29, 0.717) is 18.1 Å². The summed E-state index contributed by atoms with van der Waals surface area (Å²) in [5.41, 5.74) is 2.24. The molecular formula is C22H22N2O3S. The molecule has 0 spiro atoms. The first-order valence-electron chi connectivity index (χ1n) is 9.56. The summed E-state index contributed by atoms with van der Waals surface area (Å²) in [5, 5.41) is 2.32. The van der Waals surface area contributed by atoms with E-state index in [-0.39, 0.29) is 12.1 Å². The highest BCUT2D eigenvalue weighted by molar-refractivity contribution is 7.89. The van der Waals surface area contributed by atoms with Crippen molar-refractivity contribution in [1.29, 1.82) is 0 Å². The highest BCUT2D eigenvalue weighted by Crippen LogP contribution is 2.47. The molecule has 3 aromatic carbocycles. The van der Waals surface area contributed by atoms with E-state index in [9.17, 15) is 8.42 Å². The van der Waals surface area contributed by atoms with E-state index >= 15 is 0 Å². The fourth-order valence-corrected chi connectivity index (χ4v) is 5.72. The van der Waals surface area contributed by atoms with Crippen molar-refractivity contribution in [1.82, 2.24) is 9.62 Å². The van der Waals surface area contributed by atoms with Crippen molar-refractivity contribution in [2.24, 2.45) is 0 Å². The largest absolute Gasteiger partial charge is 0.379 e. The maximum Gasteiger partial charge on any atom is 0.241 e. The summed E-state index contributed by atoms with van der Waals surface area (Å²) in [7, 11) is -3.64. The molecule has 1 heterocycles. The van der Waals surface area contributed by atoms with E-state index in [1.165, 1.54) is 10.9 Å². The Kier molecular flexibility index (Phi) is 4.44. The van der Waals surface area contributed by atoms with E-state index in [1.807, 2.05) is 18.2 Å². The fourth-order valence-electron chi connectivity index (χ4n) is 4.48. The van der Waals surface area contributed by atoms with Gasteiger partial charge in [-0.3, -0.25) is 4.90 Å². The molecule has 5 rings (SSSR count). The van der Waals surface area contributed by atoms with E-state index in [1.54, 1.807) is 24.3 Å². The van der Waals surface area contributed by atoms with Crippen molar-refractivity contribution in [3.63, 3.8) is 0 Å². The van der Waals surface area contributed by atoms with Crippen molar-refractivity contribution >= 4 is 20.8 Å². The van der Waals surface area contributed by atoms with Crippen LogP contribution in [0.1, 0.15) is 23.2 Å². The molecule has 5 nitrogen and oxygen atoms in total. The summed E-state index contributed by atoms with van der Waals surface area (Å²) in [6.45, 7) is 2.92. The average Bonchev–Trinajstić information content (AvgIpc) is 3.04. The predicted molar refractivity (Wildman–Crippen MR) is 109 cm³/mol. The van der Waals surface area contributed by atoms with Gasteiger partial charge in [-0.15, -0.1) is 0 Å². The van der Waals surface area contributed by atoms with Gasteiger partial charge < -0.3 is 4.74 Å². The molecule has 0 radical (unpaired) electrons. The molecule has 2 atom stereocenters. The lowest BCUT2D eigenvalue weighted by molar-refractivity contribution is 0.0106. The first kappa shape index (κ1) is 17.8. The Morgan fingerprint density at radius 3 is 2.25 bits per heavy atom. The highest BCUT2D eigenvalue weighted by Gasteiger charge is 2.40. The molecule has 1 saturated heterocycles. The number of nitrogens with zero attached hydrogens (tertiary/aromatic N) is 1. The number of hydrogen-bond acceptors (Lipinski definition) is 4. The quantitative estimate of drug-likeness (QED) is 0.738. The Bertz CT molecular complexity index is 1100. The third-order valence-electron chi connectivity index (χ3n) is 5.71. The van der Waals surface area contributed by atoms with Crippen LogP contribution in [-0.2, 0) is 14.8 Å². The Labute approximate surface area is 165 Å². The third kappa shape index (κ3) is 2.93. The highest BCUT2D eigenvalue weighted by atomic mass is 32.2. The van der Waals surface area contributed by atoms with E-state index in [4.69, 9.17) is 4.74 Å². The summed E-state index contributed by atoms with van der Waals surface area (Å²) in [4.78, 5) is 2.63. The van der Waals surface area contributed by atoms with E-state index < -0.39 is 10.0 Å². The van der Waals surface area contributed by atoms with Crippen molar-refractivity contribution < 1.29 is 13.2 Å². The zero-order valence-electron chi connectivity index (χ0n) is 15.4. The zero-order chi connectivity index (χ0) is 19.1. The number of morpholine rings is 1. The minimum atomic E-state index is -3.64. The molecule has 2 aliphatic rings. The van der Waals surface area contributed by atoms with Crippen LogP contribution in [0.4, 0.5) is 0 Å². The van der Waals surface area contributed by atoms with Crippen LogP contribution in [-0.4, -0.2) is 39.6 Å². The standard InChI is InChI=1S/C22H22N2O3S/c25-28(26,17-8-2-1-3-9-17)23-21-18-10-4-6-16-7-5-11-19(20(16)18)22(21)24-12-14-27-15-13-24/h1-11,21-23H,12-15H2/t21-,22+/m0/s1. The lowest BCUT2D eigenvalue weighted by Gasteiger charge is -2.36. The van der Waals surface area contributed by atoms with Crippen LogP contribution in [0.5, 0.6) is 0 Å². The number of benzene rings is 3. The molecule has 0 amide bonds. The molecule has 3 aromatic rings. The second kappa shape index (κ2) is 6.97. The molecule has 1 N–H and O–H groups in total. The van der Waals surface area contributed by atoms with Crippen LogP contribution in [0.3, 0.4) is 0 Å². The van der Waals surface area contributed by atoms with Gasteiger partial charge in [-0.25, -0.2) is 13.1 Å². The molecule has 28 heavy (non-hydrogen) atoms. The van der Waals surface area contributed by atoms with Crippen LogP contribution < -0.4 is 4.72 Å². The summed E-state index contributed by atoms with van der Waals surface area (Å²) >= 11 is 0. The third-order valence-corrected chi connectivity index (χ3v) is 7.17. The fraction of sp³-hybridized carbons (Fsp3) is 0.273. The maximum absolute atomic E-state index is 13.1. The predicted octanol–water partition coefficient (Wildman–Crippen LogP) is 3.25. The van der Waals surface area contributed by atoms with Gasteiger partial charge in [0.1, 0.15) is 0 Å². The molecule has 1 aliphatic heterocycles. The van der Waals surface area contributed by atoms with Crippen molar-refractivity contribution in [2.75, 3.05) is 26.3 Å². The summed E-state index contributed by atoms with van der Waals surface area (Å²) in [6, 6.07) is 20.6. The molecule has 144 valence electrons. The van der Waals surface area contributed by atoms with Gasteiger partial charge in [-0.1, -0.05) is 54.6 Å². The van der Waals surface area contributed by atoms with Gasteiger partial charge in [0.05, 0.1) is 30.2 Å². The second-order valence-electron chi connectivity index (χ2n) is 7.30. The van der Waals surface area contributed by atoms with Crippen molar-refractivity contribution in [3.05, 3.63) is 77.9 Å². The first-order chi connectivity index (χ1) is 13.6. The van der Waals surface area contributed by atoms with Crippen molar-refractivity contribution in [2.45, 2.75) is 17.0 Å². The number of nitrogens with one attached hydrogen (secondary N) is 1. The number of hydrogen-bond donors (Lipinski definition) is 1. The Morgan fingerprint density at radius 1 is 0.857 bits per heavy atom. The molecule has 6 heteroatoms. The average molecular weight is 394 g/mol. The molecule has 0 unspecified atom stereocenters. The molecule has 0 saturated carbocycles. The van der Waals surface area contributed by atoms with Crippen molar-refractivity contribution in [3.8, 4) is 0 Å². The van der Waals surface area contributed by atoms with Gasteiger partial charge in [-0.05, 0) is 34.0 Å². The van der Waals surface area contributed by atoms with Gasteiger partial charge in [0, 0.05) is 13.1 Å². The Balaban J connectivity index is 1.61. The number of ether oxygens (including phenoxy) is 1. The first-order valence-corrected chi connectivity index (χ1v) is 11.0. The van der Waals surface area contributed by atoms with E-state index in [2.05, 4.69) is 33.9 Å². The zero-order valence-corrected chi connectivity index (χ0v) is 16.2. The Hall–Kier alpha value is -2.25. The summed E-state index contributed by atoms with van der Waals surface area (Å²) in [6.07, 6.45) is 0. The van der Waals surface area contributed by atoms with E-state index in [0.717, 1.165) is 24.0 Å². The topological polar surface area (TPSA) is 58.6 Å². The lowest BCUT2D eigenvalue weighted by atomic mass is 10.0. The van der Waals surface area contributed by atoms with Crippen LogP contribution in [0, 0.1) is 0 Å². The molecule has 1 aliphatic carbocycles. The van der Waals surface area contributed by atoms with Crippen LogP contribution >= 0.6 is 0 Å². The lowest BCUT2D eigenvalue weighted by Crippen LogP contribution is -2.44. The normalized spacial score (nSPS) is 22.6. The molecule has 0 bridgehead atoms. The SMILES string of the molecule is O=S(=O)(N[C@H]1c2cccc3cccc(c23)[C@H]1N1CCOCC1)c1ccccc1. The second-order valence-corrected chi connectivity index (χ2v) is 9.01. The van der Waals surface area contributed by atoms with Crippen LogP contribution in [0.25, 0.3) is 10.8 Å². The van der Waals surface area contributed by atoms with Crippen LogP contribution in [0.2, 0.25) is 0 Å². The number of rotatable bonds is 4. The monoisotopic (exact) mass is 394 g/mol. The van der Waals surface area contributed by atoms with Gasteiger partial charge in [-0.2, -0.15) is 0 Å². The molecular weight excluding hydrogens is 372 g/mol. The van der Waals surface area contributed by atoms with Gasteiger partial charge in [0.25, 0.3) is 0 Å². The minimum absolute atomic E-state index is 0.0384. The van der Waals surface area contributed by atoms with Crippen LogP contribution in [0.15, 0.2) is 71.6 Å². The number of sulfonamides is 1. The smallest absolute Gasteiger partial charge is 0.241 e. The summed E-state index contributed by atoms with van der Waals surface area (Å²) < 4.78 is 34.8. The van der Waals surface area contributed by atoms with Gasteiger partial charge in [0.2, 0.25) is 10.0 Å². The van der Waals surface area contributed by atoms with Gasteiger partial charge >= 0.3 is 0 Å². The minimum Gasteiger partial charge on any atom is -0.379 e.